The molecule has 1 N–H and O–H groups in total. The van der Waals surface area contributed by atoms with E-state index in [2.05, 4.69) is 5.32 Å². The molecule has 0 spiro atoms. The zero-order chi connectivity index (χ0) is 9.80. The molecule has 14 heavy (non-hydrogen) atoms. The lowest BCUT2D eigenvalue weighted by Crippen LogP contribution is -2.40. The molecule has 2 aliphatic rings. The summed E-state index contributed by atoms with van der Waals surface area (Å²) in [5.74, 6) is 0.314. The van der Waals surface area contributed by atoms with Gasteiger partial charge in [-0.15, -0.1) is 0 Å². The first-order valence-corrected chi connectivity index (χ1v) is 5.46. The van der Waals surface area contributed by atoms with Crippen LogP contribution in [0.15, 0.2) is 0 Å². The molecule has 80 valence electrons. The highest BCUT2D eigenvalue weighted by Gasteiger charge is 2.21. The number of ether oxygens (including phenoxy) is 1. The first kappa shape index (κ1) is 9.93. The minimum absolute atomic E-state index is 0.303. The zero-order valence-electron chi connectivity index (χ0n) is 8.50. The van der Waals surface area contributed by atoms with E-state index in [4.69, 9.17) is 4.74 Å². The van der Waals surface area contributed by atoms with Crippen molar-refractivity contribution in [3.8, 4) is 0 Å². The normalized spacial score (nSPS) is 28.4. The number of carbonyl (C=O) groups is 1. The van der Waals surface area contributed by atoms with E-state index in [1.54, 1.807) is 0 Å². The molecule has 0 bridgehead atoms. The van der Waals surface area contributed by atoms with Gasteiger partial charge in [0.05, 0.1) is 12.7 Å². The Morgan fingerprint density at radius 3 is 3.14 bits per heavy atom. The van der Waals surface area contributed by atoms with Crippen molar-refractivity contribution in [2.45, 2.75) is 25.4 Å². The standard InChI is InChI=1S/C10H18N2O2/c13-10-2-1-5-12(10)6-3-9-8-11-4-7-14-9/h9,11H,1-8H2. The lowest BCUT2D eigenvalue weighted by atomic mass is 10.2. The van der Waals surface area contributed by atoms with Crippen molar-refractivity contribution in [3.05, 3.63) is 0 Å². The smallest absolute Gasteiger partial charge is 0.222 e. The van der Waals surface area contributed by atoms with Gasteiger partial charge >= 0.3 is 0 Å². The summed E-state index contributed by atoms with van der Waals surface area (Å²) in [6.07, 6.45) is 3.04. The molecule has 0 aromatic heterocycles. The van der Waals surface area contributed by atoms with Crippen molar-refractivity contribution in [2.24, 2.45) is 0 Å². The van der Waals surface area contributed by atoms with E-state index in [0.29, 0.717) is 12.0 Å². The van der Waals surface area contributed by atoms with Crippen LogP contribution in [0.25, 0.3) is 0 Å². The second kappa shape index (κ2) is 4.75. The average Bonchev–Trinajstić information content (AvgIpc) is 2.63. The number of nitrogens with zero attached hydrogens (tertiary/aromatic N) is 1. The fourth-order valence-corrected chi connectivity index (χ4v) is 2.05. The van der Waals surface area contributed by atoms with Gasteiger partial charge < -0.3 is 15.0 Å². The average molecular weight is 198 g/mol. The Bertz CT molecular complexity index is 202. The van der Waals surface area contributed by atoms with E-state index in [0.717, 1.165) is 52.0 Å². The molecular weight excluding hydrogens is 180 g/mol. The van der Waals surface area contributed by atoms with Gasteiger partial charge in [0, 0.05) is 32.6 Å². The molecule has 0 aromatic carbocycles. The summed E-state index contributed by atoms with van der Waals surface area (Å²) >= 11 is 0. The maximum absolute atomic E-state index is 11.3. The van der Waals surface area contributed by atoms with Crippen LogP contribution in [-0.2, 0) is 9.53 Å². The van der Waals surface area contributed by atoms with Crippen LogP contribution >= 0.6 is 0 Å². The van der Waals surface area contributed by atoms with Crippen molar-refractivity contribution < 1.29 is 9.53 Å². The predicted molar refractivity (Wildman–Crippen MR) is 53.0 cm³/mol. The highest BCUT2D eigenvalue weighted by atomic mass is 16.5. The Balaban J connectivity index is 1.68. The van der Waals surface area contributed by atoms with Gasteiger partial charge in [-0.1, -0.05) is 0 Å². The summed E-state index contributed by atoms with van der Waals surface area (Å²) in [6, 6.07) is 0. The topological polar surface area (TPSA) is 41.6 Å². The summed E-state index contributed by atoms with van der Waals surface area (Å²) in [5, 5.41) is 3.29. The van der Waals surface area contributed by atoms with Gasteiger partial charge in [0.25, 0.3) is 0 Å². The third-order valence-corrected chi connectivity index (χ3v) is 2.90. The van der Waals surface area contributed by atoms with Crippen LogP contribution in [0.4, 0.5) is 0 Å². The van der Waals surface area contributed by atoms with E-state index >= 15 is 0 Å². The van der Waals surface area contributed by atoms with Gasteiger partial charge in [0.15, 0.2) is 0 Å². The molecule has 0 radical (unpaired) electrons. The van der Waals surface area contributed by atoms with Crippen LogP contribution in [-0.4, -0.2) is 49.7 Å². The number of morpholine rings is 1. The molecule has 1 amide bonds. The molecule has 0 saturated carbocycles. The van der Waals surface area contributed by atoms with Crippen molar-refractivity contribution in [1.82, 2.24) is 10.2 Å². The minimum atomic E-state index is 0.303. The van der Waals surface area contributed by atoms with Gasteiger partial charge in [0.1, 0.15) is 0 Å². The lowest BCUT2D eigenvalue weighted by molar-refractivity contribution is -0.128. The van der Waals surface area contributed by atoms with Crippen molar-refractivity contribution in [1.29, 1.82) is 0 Å². The second-order valence-electron chi connectivity index (χ2n) is 3.97. The first-order valence-electron chi connectivity index (χ1n) is 5.46. The minimum Gasteiger partial charge on any atom is -0.376 e. The third kappa shape index (κ3) is 2.45. The van der Waals surface area contributed by atoms with Gasteiger partial charge in [-0.3, -0.25) is 4.79 Å². The molecule has 0 aromatic rings. The highest BCUT2D eigenvalue weighted by molar-refractivity contribution is 5.77. The Hall–Kier alpha value is -0.610. The van der Waals surface area contributed by atoms with Crippen LogP contribution in [0, 0.1) is 0 Å². The highest BCUT2D eigenvalue weighted by Crippen LogP contribution is 2.11. The number of rotatable bonds is 3. The SMILES string of the molecule is O=C1CCCN1CCC1CNCCO1. The number of hydrogen-bond acceptors (Lipinski definition) is 3. The van der Waals surface area contributed by atoms with Crippen molar-refractivity contribution >= 4 is 5.91 Å². The molecule has 2 heterocycles. The lowest BCUT2D eigenvalue weighted by Gasteiger charge is -2.25. The Morgan fingerprint density at radius 1 is 1.57 bits per heavy atom. The van der Waals surface area contributed by atoms with E-state index < -0.39 is 0 Å². The molecule has 0 aliphatic carbocycles. The van der Waals surface area contributed by atoms with Gasteiger partial charge in [-0.05, 0) is 12.8 Å². The number of carbonyl (C=O) groups excluding carboxylic acids is 1. The summed E-state index contributed by atoms with van der Waals surface area (Å²) in [4.78, 5) is 13.3. The molecule has 4 nitrogen and oxygen atoms in total. The van der Waals surface area contributed by atoms with Gasteiger partial charge in [-0.2, -0.15) is 0 Å². The Kier molecular flexibility index (Phi) is 3.37. The molecule has 2 rings (SSSR count). The van der Waals surface area contributed by atoms with Crippen LogP contribution in [0.3, 0.4) is 0 Å². The molecule has 1 unspecified atom stereocenters. The van der Waals surface area contributed by atoms with E-state index in [1.165, 1.54) is 0 Å². The van der Waals surface area contributed by atoms with E-state index in [1.807, 2.05) is 4.90 Å². The summed E-state index contributed by atoms with van der Waals surface area (Å²) in [5.41, 5.74) is 0. The molecule has 4 heteroatoms. The van der Waals surface area contributed by atoms with E-state index in [9.17, 15) is 4.79 Å². The second-order valence-corrected chi connectivity index (χ2v) is 3.97. The maximum Gasteiger partial charge on any atom is 0.222 e. The first-order chi connectivity index (χ1) is 6.86. The number of amides is 1. The molecule has 1 atom stereocenters. The van der Waals surface area contributed by atoms with E-state index in [-0.39, 0.29) is 0 Å². The predicted octanol–water partition coefficient (Wildman–Crippen LogP) is -0.0127. The van der Waals surface area contributed by atoms with Crippen LogP contribution in [0.1, 0.15) is 19.3 Å². The maximum atomic E-state index is 11.3. The third-order valence-electron chi connectivity index (χ3n) is 2.90. The number of nitrogens with one attached hydrogen (secondary N) is 1. The van der Waals surface area contributed by atoms with Gasteiger partial charge in [0.2, 0.25) is 5.91 Å². The molecular formula is C10H18N2O2. The quantitative estimate of drug-likeness (QED) is 0.693. The van der Waals surface area contributed by atoms with Crippen molar-refractivity contribution in [2.75, 3.05) is 32.8 Å². The zero-order valence-corrected chi connectivity index (χ0v) is 8.50. The Labute approximate surface area is 84.6 Å². The van der Waals surface area contributed by atoms with Crippen LogP contribution in [0.5, 0.6) is 0 Å². The largest absolute Gasteiger partial charge is 0.376 e. The fourth-order valence-electron chi connectivity index (χ4n) is 2.05. The summed E-state index contributed by atoms with van der Waals surface area (Å²) in [7, 11) is 0. The molecule has 2 saturated heterocycles. The fraction of sp³-hybridized carbons (Fsp3) is 0.900. The van der Waals surface area contributed by atoms with Crippen LogP contribution in [0.2, 0.25) is 0 Å². The molecule has 2 aliphatic heterocycles. The molecule has 2 fully saturated rings. The monoisotopic (exact) mass is 198 g/mol. The number of hydrogen-bond donors (Lipinski definition) is 1. The summed E-state index contributed by atoms with van der Waals surface area (Å²) in [6.45, 7) is 4.50. The van der Waals surface area contributed by atoms with Crippen molar-refractivity contribution in [3.63, 3.8) is 0 Å². The number of likely N-dealkylation sites (tertiary alicyclic amines) is 1. The van der Waals surface area contributed by atoms with Crippen LogP contribution < -0.4 is 5.32 Å². The Morgan fingerprint density at radius 2 is 2.50 bits per heavy atom. The van der Waals surface area contributed by atoms with Gasteiger partial charge in [-0.25, -0.2) is 0 Å². The summed E-state index contributed by atoms with van der Waals surface area (Å²) < 4.78 is 5.57.